The third-order valence-electron chi connectivity index (χ3n) is 6.68. The molecule has 0 radical (unpaired) electrons. The maximum atomic E-state index is 12.8. The van der Waals surface area contributed by atoms with Crippen molar-refractivity contribution in [3.05, 3.63) is 100 Å². The van der Waals surface area contributed by atoms with Gasteiger partial charge in [0.25, 0.3) is 17.1 Å². The molecule has 1 heterocycles. The molecule has 6 nitrogen and oxygen atoms in total. The van der Waals surface area contributed by atoms with Gasteiger partial charge in [0.15, 0.2) is 0 Å². The number of hydrogen-bond acceptors (Lipinski definition) is 6. The van der Waals surface area contributed by atoms with E-state index in [1.54, 1.807) is 30.3 Å². The second kappa shape index (κ2) is 11.8. The van der Waals surface area contributed by atoms with Gasteiger partial charge in [0.2, 0.25) is 5.91 Å². The predicted octanol–water partition coefficient (Wildman–Crippen LogP) is 6.04. The van der Waals surface area contributed by atoms with E-state index in [9.17, 15) is 19.2 Å². The maximum Gasteiger partial charge on any atom is 0.290 e. The van der Waals surface area contributed by atoms with Crippen LogP contribution in [0.25, 0.3) is 17.2 Å². The summed E-state index contributed by atoms with van der Waals surface area (Å²) in [5.41, 5.74) is 4.77. The third-order valence-corrected chi connectivity index (χ3v) is 8.87. The van der Waals surface area contributed by atoms with Crippen LogP contribution in [0.5, 0.6) is 0 Å². The molecule has 5 rings (SSSR count). The minimum atomic E-state index is -0.440. The van der Waals surface area contributed by atoms with Crippen molar-refractivity contribution in [2.45, 2.75) is 30.3 Å². The molecular weight excluding hydrogens is 516 g/mol. The number of rotatable bonds is 7. The lowest BCUT2D eigenvalue weighted by Crippen LogP contribution is -2.34. The van der Waals surface area contributed by atoms with Gasteiger partial charge in [-0.05, 0) is 71.5 Å². The van der Waals surface area contributed by atoms with Gasteiger partial charge in [-0.15, -0.1) is 0 Å². The molecule has 3 aromatic carbocycles. The molecule has 0 aromatic heterocycles. The van der Waals surface area contributed by atoms with Gasteiger partial charge in [0.1, 0.15) is 0 Å². The Morgan fingerprint density at radius 3 is 2.42 bits per heavy atom. The molecular formula is C30H26N2O4S2. The van der Waals surface area contributed by atoms with Crippen LogP contribution in [-0.4, -0.2) is 28.2 Å². The van der Waals surface area contributed by atoms with Gasteiger partial charge in [-0.3, -0.25) is 29.8 Å². The van der Waals surface area contributed by atoms with Gasteiger partial charge in [0, 0.05) is 22.5 Å². The Hall–Kier alpha value is -3.62. The Kier molecular flexibility index (Phi) is 8.10. The number of amides is 4. The Labute approximate surface area is 229 Å². The van der Waals surface area contributed by atoms with Crippen LogP contribution >= 0.6 is 23.5 Å². The first-order valence-electron chi connectivity index (χ1n) is 12.4. The first-order valence-corrected chi connectivity index (χ1v) is 14.3. The third kappa shape index (κ3) is 6.26. The summed E-state index contributed by atoms with van der Waals surface area (Å²) in [5, 5.41) is 4.73. The lowest BCUT2D eigenvalue weighted by Gasteiger charge is -2.14. The quantitative estimate of drug-likeness (QED) is 0.280. The van der Waals surface area contributed by atoms with E-state index in [4.69, 9.17) is 0 Å². The molecule has 1 aliphatic carbocycles. The zero-order chi connectivity index (χ0) is 26.5. The SMILES string of the molecule is O=C1NC(=O)/C(=C/c2ccc(C(=O)NC(=O)[C@H]3CC[C@@H](SCc4ccccc4-c4ccccc4)C3)cc2)S1. The van der Waals surface area contributed by atoms with Crippen LogP contribution in [0.4, 0.5) is 4.79 Å². The van der Waals surface area contributed by atoms with E-state index in [2.05, 4.69) is 47.0 Å². The second-order valence-corrected chi connectivity index (χ2v) is 11.6. The number of benzene rings is 3. The Morgan fingerprint density at radius 1 is 0.947 bits per heavy atom. The van der Waals surface area contributed by atoms with Crippen molar-refractivity contribution in [1.29, 1.82) is 0 Å². The highest BCUT2D eigenvalue weighted by molar-refractivity contribution is 8.18. The summed E-state index contributed by atoms with van der Waals surface area (Å²) in [7, 11) is 0. The molecule has 0 unspecified atom stereocenters. The summed E-state index contributed by atoms with van der Waals surface area (Å²) in [5.74, 6) is -0.405. The van der Waals surface area contributed by atoms with Crippen LogP contribution < -0.4 is 10.6 Å². The smallest absolute Gasteiger partial charge is 0.290 e. The summed E-state index contributed by atoms with van der Waals surface area (Å²) in [6.45, 7) is 0. The molecule has 1 aliphatic heterocycles. The summed E-state index contributed by atoms with van der Waals surface area (Å²) in [6, 6.07) is 25.4. The van der Waals surface area contributed by atoms with Crippen molar-refractivity contribution < 1.29 is 19.2 Å². The lowest BCUT2D eigenvalue weighted by atomic mass is 10.0. The van der Waals surface area contributed by atoms with Crippen molar-refractivity contribution in [3.8, 4) is 11.1 Å². The second-order valence-electron chi connectivity index (χ2n) is 9.26. The Morgan fingerprint density at radius 2 is 1.68 bits per heavy atom. The van der Waals surface area contributed by atoms with E-state index >= 15 is 0 Å². The van der Waals surface area contributed by atoms with Crippen LogP contribution in [-0.2, 0) is 15.3 Å². The molecule has 1 saturated heterocycles. The van der Waals surface area contributed by atoms with Crippen molar-refractivity contribution in [2.24, 2.45) is 5.92 Å². The Bertz CT molecular complexity index is 1400. The van der Waals surface area contributed by atoms with E-state index in [1.807, 2.05) is 30.0 Å². The van der Waals surface area contributed by atoms with Gasteiger partial charge < -0.3 is 0 Å². The molecule has 2 N–H and O–H groups in total. The Balaban J connectivity index is 1.13. The van der Waals surface area contributed by atoms with Crippen molar-refractivity contribution in [3.63, 3.8) is 0 Å². The lowest BCUT2D eigenvalue weighted by molar-refractivity contribution is -0.123. The first kappa shape index (κ1) is 26.0. The minimum absolute atomic E-state index is 0.180. The highest BCUT2D eigenvalue weighted by Crippen LogP contribution is 2.37. The van der Waals surface area contributed by atoms with Crippen molar-refractivity contribution >= 4 is 52.6 Å². The average Bonchev–Trinajstić information content (AvgIpc) is 3.54. The van der Waals surface area contributed by atoms with Gasteiger partial charge in [-0.1, -0.05) is 66.7 Å². The van der Waals surface area contributed by atoms with Gasteiger partial charge in [0.05, 0.1) is 4.91 Å². The highest BCUT2D eigenvalue weighted by atomic mass is 32.2. The highest BCUT2D eigenvalue weighted by Gasteiger charge is 2.31. The van der Waals surface area contributed by atoms with E-state index in [0.29, 0.717) is 21.3 Å². The molecule has 2 atom stereocenters. The van der Waals surface area contributed by atoms with Gasteiger partial charge in [-0.25, -0.2) is 0 Å². The molecule has 4 amide bonds. The fourth-order valence-corrected chi connectivity index (χ4v) is 6.69. The number of imide groups is 2. The molecule has 38 heavy (non-hydrogen) atoms. The topological polar surface area (TPSA) is 92.3 Å². The predicted molar refractivity (Wildman–Crippen MR) is 152 cm³/mol. The van der Waals surface area contributed by atoms with Crippen molar-refractivity contribution in [2.75, 3.05) is 0 Å². The molecule has 8 heteroatoms. The first-order chi connectivity index (χ1) is 18.5. The van der Waals surface area contributed by atoms with E-state index in [-0.39, 0.29) is 11.8 Å². The van der Waals surface area contributed by atoms with E-state index in [1.165, 1.54) is 16.7 Å². The van der Waals surface area contributed by atoms with Crippen LogP contribution in [0.2, 0.25) is 0 Å². The average molecular weight is 543 g/mol. The molecule has 2 fully saturated rings. The van der Waals surface area contributed by atoms with Crippen LogP contribution in [0.1, 0.15) is 40.7 Å². The zero-order valence-corrected chi connectivity index (χ0v) is 22.1. The molecule has 2 aliphatic rings. The van der Waals surface area contributed by atoms with Gasteiger partial charge in [-0.2, -0.15) is 11.8 Å². The fourth-order valence-electron chi connectivity index (χ4n) is 4.67. The summed E-state index contributed by atoms with van der Waals surface area (Å²) >= 11 is 2.71. The minimum Gasteiger partial charge on any atom is -0.292 e. The number of carbonyl (C=O) groups excluding carboxylic acids is 4. The monoisotopic (exact) mass is 542 g/mol. The largest absolute Gasteiger partial charge is 0.292 e. The molecule has 0 bridgehead atoms. The molecule has 0 spiro atoms. The molecule has 192 valence electrons. The maximum absolute atomic E-state index is 12.8. The van der Waals surface area contributed by atoms with E-state index in [0.717, 1.165) is 36.8 Å². The molecule has 3 aromatic rings. The summed E-state index contributed by atoms with van der Waals surface area (Å²) in [4.78, 5) is 48.8. The summed E-state index contributed by atoms with van der Waals surface area (Å²) in [6.07, 6.45) is 4.05. The van der Waals surface area contributed by atoms with Gasteiger partial charge >= 0.3 is 0 Å². The molecule has 1 saturated carbocycles. The number of carbonyl (C=O) groups is 4. The number of hydrogen-bond donors (Lipinski definition) is 2. The van der Waals surface area contributed by atoms with Crippen molar-refractivity contribution in [1.82, 2.24) is 10.6 Å². The van der Waals surface area contributed by atoms with E-state index < -0.39 is 17.1 Å². The van der Waals surface area contributed by atoms with Crippen LogP contribution in [0.15, 0.2) is 83.8 Å². The standard InChI is InChI=1S/C30H26N2O4S2/c33-27(21-12-10-19(11-13-21)16-26-29(35)32-30(36)38-26)31-28(34)22-14-15-24(17-22)37-18-23-8-4-5-9-25(23)20-6-2-1-3-7-20/h1-13,16,22,24H,14-15,17-18H2,(H,31,33,34)(H,32,35,36)/b26-16-/t22-,24+/m0/s1. The zero-order valence-electron chi connectivity index (χ0n) is 20.5. The van der Waals surface area contributed by atoms with Crippen LogP contribution in [0.3, 0.4) is 0 Å². The summed E-state index contributed by atoms with van der Waals surface area (Å²) < 4.78 is 0. The number of thioether (sulfide) groups is 2. The normalized spacial score (nSPS) is 19.9. The fraction of sp³-hybridized carbons (Fsp3) is 0.200. The number of nitrogens with one attached hydrogen (secondary N) is 2. The van der Waals surface area contributed by atoms with Crippen LogP contribution in [0, 0.1) is 5.92 Å².